The van der Waals surface area contributed by atoms with E-state index in [1.807, 2.05) is 12.2 Å². The zero-order valence-electron chi connectivity index (χ0n) is 9.63. The molecule has 0 spiro atoms. The number of nitrogens with one attached hydrogen (secondary N) is 1. The first-order chi connectivity index (χ1) is 8.25. The lowest BCUT2D eigenvalue weighted by molar-refractivity contribution is 0.171. The predicted molar refractivity (Wildman–Crippen MR) is 66.7 cm³/mol. The number of hydrogen-bond donors (Lipinski definition) is 3. The van der Waals surface area contributed by atoms with Gasteiger partial charge in [-0.3, -0.25) is 0 Å². The first kappa shape index (κ1) is 11.9. The van der Waals surface area contributed by atoms with Crippen molar-refractivity contribution in [1.29, 1.82) is 0 Å². The molecule has 3 N–H and O–H groups in total. The van der Waals surface area contributed by atoms with E-state index in [0.29, 0.717) is 12.6 Å². The monoisotopic (exact) mass is 231 g/mol. The maximum absolute atomic E-state index is 9.96. The first-order valence-electron chi connectivity index (χ1n) is 5.87. The quantitative estimate of drug-likeness (QED) is 0.694. The van der Waals surface area contributed by atoms with Crippen LogP contribution in [-0.2, 0) is 0 Å². The van der Waals surface area contributed by atoms with Gasteiger partial charge in [0.05, 0.1) is 6.10 Å². The molecule has 0 saturated heterocycles. The van der Waals surface area contributed by atoms with Crippen molar-refractivity contribution in [2.24, 2.45) is 0 Å². The topological polar surface area (TPSA) is 52.5 Å². The van der Waals surface area contributed by atoms with Gasteiger partial charge >= 0.3 is 0 Å². The van der Waals surface area contributed by atoms with E-state index in [0.717, 1.165) is 18.4 Å². The van der Waals surface area contributed by atoms with Crippen molar-refractivity contribution in [1.82, 2.24) is 5.32 Å². The molecule has 0 aromatic heterocycles. The van der Waals surface area contributed by atoms with Crippen LogP contribution in [0.2, 0.25) is 0 Å². The van der Waals surface area contributed by atoms with Crippen LogP contribution in [0.3, 0.4) is 0 Å². The van der Waals surface area contributed by atoms with E-state index in [1.54, 1.807) is 24.3 Å². The van der Waals surface area contributed by atoms with Gasteiger partial charge in [0, 0.05) is 12.6 Å². The Bertz CT molecular complexity index is 418. The number of hydrogen-bond acceptors (Lipinski definition) is 3. The van der Waals surface area contributed by atoms with Crippen molar-refractivity contribution in [2.45, 2.75) is 25.0 Å². The molecule has 0 bridgehead atoms. The lowest BCUT2D eigenvalue weighted by Gasteiger charge is -2.18. The van der Waals surface area contributed by atoms with Gasteiger partial charge in [-0.2, -0.15) is 0 Å². The molecule has 1 aromatic rings. The Kier molecular flexibility index (Phi) is 3.99. The summed E-state index contributed by atoms with van der Waals surface area (Å²) >= 11 is 0. The Hall–Kier alpha value is -1.54. The fourth-order valence-electron chi connectivity index (χ4n) is 1.85. The van der Waals surface area contributed by atoms with E-state index in [1.165, 1.54) is 0 Å². The third-order valence-corrected chi connectivity index (χ3v) is 2.89. The molecule has 17 heavy (non-hydrogen) atoms. The van der Waals surface area contributed by atoms with E-state index in [9.17, 15) is 5.11 Å². The summed E-state index contributed by atoms with van der Waals surface area (Å²) < 4.78 is 0. The molecule has 0 fully saturated rings. The van der Waals surface area contributed by atoms with Crippen LogP contribution in [0, 0.1) is 0 Å². The molecule has 3 heteroatoms. The maximum Gasteiger partial charge on any atom is 0.115 e. The van der Waals surface area contributed by atoms with Crippen molar-refractivity contribution < 1.29 is 10.2 Å². The highest BCUT2D eigenvalue weighted by molar-refractivity contribution is 5.27. The van der Waals surface area contributed by atoms with Crippen LogP contribution in [0.5, 0.6) is 5.75 Å². The number of aromatic hydroxyl groups is 1. The number of aliphatic hydroxyl groups excluding tert-OH is 1. The lowest BCUT2D eigenvalue weighted by atomic mass is 10.1. The molecule has 1 aliphatic carbocycles. The van der Waals surface area contributed by atoms with Crippen LogP contribution in [0.15, 0.2) is 42.1 Å². The Morgan fingerprint density at radius 1 is 1.35 bits per heavy atom. The molecule has 90 valence electrons. The second-order valence-electron chi connectivity index (χ2n) is 4.24. The van der Waals surface area contributed by atoms with Gasteiger partial charge in [-0.05, 0) is 42.7 Å². The van der Waals surface area contributed by atoms with Crippen LogP contribution in [-0.4, -0.2) is 22.8 Å². The van der Waals surface area contributed by atoms with Gasteiger partial charge in [0.15, 0.2) is 0 Å². The molecule has 1 aromatic carbocycles. The number of phenols is 1. The summed E-state index contributed by atoms with van der Waals surface area (Å²) in [6.07, 6.45) is 5.55. The van der Waals surface area contributed by atoms with Crippen LogP contribution in [0.4, 0.5) is 0 Å². The largest absolute Gasteiger partial charge is 0.508 e. The van der Waals surface area contributed by atoms with Gasteiger partial charge in [0.2, 0.25) is 0 Å². The summed E-state index contributed by atoms with van der Waals surface area (Å²) in [4.78, 5) is 0. The molecule has 0 aliphatic heterocycles. The Morgan fingerprint density at radius 2 is 2.12 bits per heavy atom. The molecule has 2 atom stereocenters. The fraction of sp³-hybridized carbons (Fsp3) is 0.357. The summed E-state index contributed by atoms with van der Waals surface area (Å²) in [5.74, 6) is 0.217. The molecule has 0 radical (unpaired) electrons. The van der Waals surface area contributed by atoms with Crippen molar-refractivity contribution in [3.8, 4) is 5.75 Å². The number of phenolic OH excluding ortho intramolecular Hbond substituents is 1. The fourth-order valence-corrected chi connectivity index (χ4v) is 1.85. The Morgan fingerprint density at radius 3 is 2.76 bits per heavy atom. The SMILES string of the molecule is Oc1ccc(C(O)CNC2C=C=CCC2)cc1. The lowest BCUT2D eigenvalue weighted by Crippen LogP contribution is -2.31. The highest BCUT2D eigenvalue weighted by atomic mass is 16.3. The van der Waals surface area contributed by atoms with Gasteiger partial charge in [-0.25, -0.2) is 0 Å². The summed E-state index contributed by atoms with van der Waals surface area (Å²) in [5, 5.41) is 22.4. The molecular weight excluding hydrogens is 214 g/mol. The smallest absolute Gasteiger partial charge is 0.115 e. The summed E-state index contributed by atoms with van der Waals surface area (Å²) in [6.45, 7) is 0.508. The molecule has 0 saturated carbocycles. The highest BCUT2D eigenvalue weighted by Crippen LogP contribution is 2.16. The van der Waals surface area contributed by atoms with E-state index in [2.05, 4.69) is 11.0 Å². The normalized spacial score (nSPS) is 20.4. The minimum atomic E-state index is -0.546. The van der Waals surface area contributed by atoms with Crippen molar-refractivity contribution in [2.75, 3.05) is 6.54 Å². The van der Waals surface area contributed by atoms with E-state index < -0.39 is 6.10 Å². The third kappa shape index (κ3) is 3.46. The van der Waals surface area contributed by atoms with Crippen LogP contribution in [0.1, 0.15) is 24.5 Å². The van der Waals surface area contributed by atoms with E-state index in [4.69, 9.17) is 5.11 Å². The van der Waals surface area contributed by atoms with Crippen LogP contribution in [0.25, 0.3) is 0 Å². The van der Waals surface area contributed by atoms with E-state index in [-0.39, 0.29) is 5.75 Å². The second kappa shape index (κ2) is 5.69. The second-order valence-corrected chi connectivity index (χ2v) is 4.24. The standard InChI is InChI=1S/C14H17NO2/c16-13-8-6-11(7-9-13)14(17)10-15-12-4-2-1-3-5-12/h1,5-9,12,14-17H,2,4,10H2. The first-order valence-corrected chi connectivity index (χ1v) is 5.87. The maximum atomic E-state index is 9.96. The molecule has 0 heterocycles. The molecule has 1 aliphatic rings. The van der Waals surface area contributed by atoms with Gasteiger partial charge < -0.3 is 15.5 Å². The minimum absolute atomic E-state index is 0.217. The van der Waals surface area contributed by atoms with Gasteiger partial charge in [-0.1, -0.05) is 12.1 Å². The van der Waals surface area contributed by atoms with E-state index >= 15 is 0 Å². The number of rotatable bonds is 4. The number of benzene rings is 1. The Balaban J connectivity index is 1.86. The minimum Gasteiger partial charge on any atom is -0.508 e. The zero-order chi connectivity index (χ0) is 12.1. The van der Waals surface area contributed by atoms with Gasteiger partial charge in [0.25, 0.3) is 0 Å². The molecule has 2 unspecified atom stereocenters. The van der Waals surface area contributed by atoms with Gasteiger partial charge in [0.1, 0.15) is 5.75 Å². The Labute approximate surface area is 101 Å². The van der Waals surface area contributed by atoms with Crippen LogP contribution >= 0.6 is 0 Å². The third-order valence-electron chi connectivity index (χ3n) is 2.89. The zero-order valence-corrected chi connectivity index (χ0v) is 9.63. The van der Waals surface area contributed by atoms with Crippen molar-refractivity contribution in [3.05, 3.63) is 47.7 Å². The molecule has 2 rings (SSSR count). The molecule has 0 amide bonds. The van der Waals surface area contributed by atoms with Crippen molar-refractivity contribution >= 4 is 0 Å². The average molecular weight is 231 g/mol. The molecule has 3 nitrogen and oxygen atoms in total. The van der Waals surface area contributed by atoms with Crippen molar-refractivity contribution in [3.63, 3.8) is 0 Å². The van der Waals surface area contributed by atoms with Gasteiger partial charge in [-0.15, -0.1) is 5.73 Å². The predicted octanol–water partition coefficient (Wildman–Crippen LogP) is 1.89. The summed E-state index contributed by atoms with van der Waals surface area (Å²) in [7, 11) is 0. The number of aliphatic hydroxyl groups is 1. The highest BCUT2D eigenvalue weighted by Gasteiger charge is 2.11. The summed E-state index contributed by atoms with van der Waals surface area (Å²) in [6, 6.07) is 6.94. The average Bonchev–Trinajstić information content (AvgIpc) is 2.38. The summed E-state index contributed by atoms with van der Waals surface area (Å²) in [5.41, 5.74) is 3.89. The molecular formula is C14H17NO2. The van der Waals surface area contributed by atoms with Crippen LogP contribution < -0.4 is 5.32 Å².